The molecule has 3 heteroatoms. The van der Waals surface area contributed by atoms with Crippen LogP contribution < -0.4 is 10.5 Å². The zero-order chi connectivity index (χ0) is 14.7. The van der Waals surface area contributed by atoms with Crippen LogP contribution in [0.4, 0.5) is 0 Å². The summed E-state index contributed by atoms with van der Waals surface area (Å²) >= 11 is 0. The van der Waals surface area contributed by atoms with Crippen LogP contribution in [0.15, 0.2) is 24.3 Å². The van der Waals surface area contributed by atoms with E-state index < -0.39 is 0 Å². The van der Waals surface area contributed by atoms with Gasteiger partial charge in [-0.25, -0.2) is 0 Å². The molecule has 0 radical (unpaired) electrons. The van der Waals surface area contributed by atoms with Gasteiger partial charge in [-0.3, -0.25) is 4.90 Å². The normalized spacial score (nSPS) is 23.0. The highest BCUT2D eigenvalue weighted by atomic mass is 16.5. The largest absolute Gasteiger partial charge is 0.497 e. The van der Waals surface area contributed by atoms with Crippen LogP contribution >= 0.6 is 0 Å². The van der Waals surface area contributed by atoms with Crippen LogP contribution in [0.2, 0.25) is 0 Å². The molecular weight excluding hydrogens is 248 g/mol. The molecule has 1 saturated heterocycles. The molecule has 3 atom stereocenters. The fraction of sp³-hybridized carbons (Fsp3) is 0.647. The van der Waals surface area contributed by atoms with Crippen molar-refractivity contribution in [1.29, 1.82) is 0 Å². The summed E-state index contributed by atoms with van der Waals surface area (Å²) in [6.07, 6.45) is 2.57. The maximum absolute atomic E-state index is 6.31. The van der Waals surface area contributed by atoms with Gasteiger partial charge in [-0.05, 0) is 49.9 Å². The molecule has 1 aromatic carbocycles. The average Bonchev–Trinajstić information content (AvgIpc) is 2.88. The molecule has 20 heavy (non-hydrogen) atoms. The Balaban J connectivity index is 2.25. The third-order valence-electron chi connectivity index (χ3n) is 4.42. The van der Waals surface area contributed by atoms with E-state index in [-0.39, 0.29) is 6.04 Å². The predicted molar refractivity (Wildman–Crippen MR) is 84.0 cm³/mol. The maximum atomic E-state index is 6.31. The number of hydrogen-bond donors (Lipinski definition) is 1. The van der Waals surface area contributed by atoms with Crippen LogP contribution in [0, 0.1) is 5.92 Å². The minimum atomic E-state index is 0.128. The van der Waals surface area contributed by atoms with E-state index in [1.807, 2.05) is 12.1 Å². The SMILES string of the molecule is COc1ccc(C(C(C)N)N2CCCC2C(C)C)cc1. The Labute approximate surface area is 123 Å². The van der Waals surface area contributed by atoms with Crippen molar-refractivity contribution in [2.75, 3.05) is 13.7 Å². The highest BCUT2D eigenvalue weighted by Gasteiger charge is 2.34. The van der Waals surface area contributed by atoms with E-state index in [0.29, 0.717) is 18.0 Å². The molecule has 1 aliphatic heterocycles. The summed E-state index contributed by atoms with van der Waals surface area (Å²) in [6.45, 7) is 7.90. The van der Waals surface area contributed by atoms with Gasteiger partial charge in [-0.1, -0.05) is 26.0 Å². The summed E-state index contributed by atoms with van der Waals surface area (Å²) in [7, 11) is 1.70. The molecule has 3 nitrogen and oxygen atoms in total. The summed E-state index contributed by atoms with van der Waals surface area (Å²) in [6, 6.07) is 9.45. The van der Waals surface area contributed by atoms with Crippen LogP contribution in [0.3, 0.4) is 0 Å². The lowest BCUT2D eigenvalue weighted by molar-refractivity contribution is 0.130. The third-order valence-corrected chi connectivity index (χ3v) is 4.42. The quantitative estimate of drug-likeness (QED) is 0.897. The molecule has 112 valence electrons. The van der Waals surface area contributed by atoms with E-state index in [2.05, 4.69) is 37.8 Å². The molecule has 1 fully saturated rings. The summed E-state index contributed by atoms with van der Waals surface area (Å²) < 4.78 is 5.25. The van der Waals surface area contributed by atoms with Gasteiger partial charge in [0.2, 0.25) is 0 Å². The third kappa shape index (κ3) is 3.15. The van der Waals surface area contributed by atoms with Gasteiger partial charge in [0.15, 0.2) is 0 Å². The molecule has 0 aromatic heterocycles. The van der Waals surface area contributed by atoms with Crippen molar-refractivity contribution in [3.05, 3.63) is 29.8 Å². The Morgan fingerprint density at radius 3 is 2.35 bits per heavy atom. The molecule has 0 bridgehead atoms. The van der Waals surface area contributed by atoms with Crippen LogP contribution in [-0.4, -0.2) is 30.6 Å². The van der Waals surface area contributed by atoms with Gasteiger partial charge < -0.3 is 10.5 Å². The number of hydrogen-bond acceptors (Lipinski definition) is 3. The molecular formula is C17H28N2O. The molecule has 2 N–H and O–H groups in total. The fourth-order valence-corrected chi connectivity index (χ4v) is 3.47. The number of likely N-dealkylation sites (tertiary alicyclic amines) is 1. The standard InChI is InChI=1S/C17H28N2O/c1-12(2)16-6-5-11-19(16)17(13(3)18)14-7-9-15(20-4)10-8-14/h7-10,12-13,16-17H,5-6,11,18H2,1-4H3. The molecule has 1 aromatic rings. The maximum Gasteiger partial charge on any atom is 0.118 e. The first-order valence-electron chi connectivity index (χ1n) is 7.70. The zero-order valence-electron chi connectivity index (χ0n) is 13.2. The molecule has 1 aliphatic rings. The lowest BCUT2D eigenvalue weighted by atomic mass is 9.95. The van der Waals surface area contributed by atoms with Gasteiger partial charge >= 0.3 is 0 Å². The van der Waals surface area contributed by atoms with E-state index in [1.54, 1.807) is 7.11 Å². The highest BCUT2D eigenvalue weighted by molar-refractivity contribution is 5.30. The van der Waals surface area contributed by atoms with Crippen LogP contribution in [0.1, 0.15) is 45.2 Å². The second-order valence-corrected chi connectivity index (χ2v) is 6.27. The van der Waals surface area contributed by atoms with Crippen molar-refractivity contribution in [3.8, 4) is 5.75 Å². The molecule has 0 amide bonds. The highest BCUT2D eigenvalue weighted by Crippen LogP contribution is 2.34. The minimum Gasteiger partial charge on any atom is -0.497 e. The number of nitrogens with zero attached hydrogens (tertiary/aromatic N) is 1. The minimum absolute atomic E-state index is 0.128. The topological polar surface area (TPSA) is 38.5 Å². The lowest BCUT2D eigenvalue weighted by Crippen LogP contribution is -2.43. The number of benzene rings is 1. The van der Waals surface area contributed by atoms with E-state index in [9.17, 15) is 0 Å². The zero-order valence-corrected chi connectivity index (χ0v) is 13.2. The van der Waals surface area contributed by atoms with Crippen molar-refractivity contribution >= 4 is 0 Å². The van der Waals surface area contributed by atoms with E-state index in [0.717, 1.165) is 12.3 Å². The van der Waals surface area contributed by atoms with Gasteiger partial charge in [0, 0.05) is 18.1 Å². The van der Waals surface area contributed by atoms with Crippen molar-refractivity contribution in [3.63, 3.8) is 0 Å². The summed E-state index contributed by atoms with van der Waals surface area (Å²) in [5.74, 6) is 1.58. The fourth-order valence-electron chi connectivity index (χ4n) is 3.47. The smallest absolute Gasteiger partial charge is 0.118 e. The van der Waals surface area contributed by atoms with Crippen LogP contribution in [0.5, 0.6) is 5.75 Å². The van der Waals surface area contributed by atoms with E-state index in [1.165, 1.54) is 18.4 Å². The molecule has 0 saturated carbocycles. The van der Waals surface area contributed by atoms with Crippen molar-refractivity contribution in [2.45, 2.75) is 51.7 Å². The molecule has 3 unspecified atom stereocenters. The van der Waals surface area contributed by atoms with E-state index >= 15 is 0 Å². The lowest BCUT2D eigenvalue weighted by Gasteiger charge is -2.37. The van der Waals surface area contributed by atoms with Gasteiger partial charge in [0.25, 0.3) is 0 Å². The molecule has 2 rings (SSSR count). The first-order valence-corrected chi connectivity index (χ1v) is 7.70. The van der Waals surface area contributed by atoms with Crippen molar-refractivity contribution < 1.29 is 4.74 Å². The molecule has 1 heterocycles. The van der Waals surface area contributed by atoms with Gasteiger partial charge in [0.05, 0.1) is 7.11 Å². The average molecular weight is 276 g/mol. The first-order chi connectivity index (χ1) is 9.54. The summed E-state index contributed by atoms with van der Waals surface area (Å²) in [4.78, 5) is 2.61. The van der Waals surface area contributed by atoms with Gasteiger partial charge in [0.1, 0.15) is 5.75 Å². The van der Waals surface area contributed by atoms with Gasteiger partial charge in [-0.2, -0.15) is 0 Å². The molecule has 0 spiro atoms. The summed E-state index contributed by atoms with van der Waals surface area (Å²) in [5, 5.41) is 0. The Kier molecular flexibility index (Phi) is 5.06. The Bertz CT molecular complexity index is 414. The number of rotatable bonds is 5. The first kappa shape index (κ1) is 15.3. The Morgan fingerprint density at radius 1 is 1.20 bits per heavy atom. The van der Waals surface area contributed by atoms with Gasteiger partial charge in [-0.15, -0.1) is 0 Å². The Hall–Kier alpha value is -1.06. The number of ether oxygens (including phenoxy) is 1. The van der Waals surface area contributed by atoms with Crippen molar-refractivity contribution in [2.24, 2.45) is 11.7 Å². The van der Waals surface area contributed by atoms with E-state index in [4.69, 9.17) is 10.5 Å². The predicted octanol–water partition coefficient (Wildman–Crippen LogP) is 3.20. The van der Waals surface area contributed by atoms with Crippen molar-refractivity contribution in [1.82, 2.24) is 4.90 Å². The summed E-state index contributed by atoms with van der Waals surface area (Å²) in [5.41, 5.74) is 7.61. The van der Waals surface area contributed by atoms with Crippen LogP contribution in [0.25, 0.3) is 0 Å². The second kappa shape index (κ2) is 6.59. The Morgan fingerprint density at radius 2 is 1.85 bits per heavy atom. The second-order valence-electron chi connectivity index (χ2n) is 6.27. The number of methoxy groups -OCH3 is 1. The monoisotopic (exact) mass is 276 g/mol. The molecule has 0 aliphatic carbocycles. The van der Waals surface area contributed by atoms with Crippen LogP contribution in [-0.2, 0) is 0 Å². The number of nitrogens with two attached hydrogens (primary N) is 1.